The van der Waals surface area contributed by atoms with E-state index < -0.39 is 0 Å². The normalized spacial score (nSPS) is 19.5. The first-order valence-electron chi connectivity index (χ1n) is 13.9. The topological polar surface area (TPSA) is 17.1 Å². The van der Waals surface area contributed by atoms with Crippen LogP contribution in [-0.2, 0) is 11.2 Å². The first-order chi connectivity index (χ1) is 16.3. The lowest BCUT2D eigenvalue weighted by Gasteiger charge is -2.29. The summed E-state index contributed by atoms with van der Waals surface area (Å²) in [6, 6.07) is 10.8. The molecular formula is C33H50O. The van der Waals surface area contributed by atoms with E-state index in [1.54, 1.807) is 0 Å². The van der Waals surface area contributed by atoms with Crippen molar-refractivity contribution in [3.8, 4) is 0 Å². The Morgan fingerprint density at radius 3 is 2.32 bits per heavy atom. The van der Waals surface area contributed by atoms with Gasteiger partial charge in [-0.2, -0.15) is 0 Å². The number of benzene rings is 1. The molecule has 1 fully saturated rings. The molecule has 188 valence electrons. The second-order valence-corrected chi connectivity index (χ2v) is 11.0. The molecule has 0 spiro atoms. The zero-order valence-corrected chi connectivity index (χ0v) is 22.4. The quantitative estimate of drug-likeness (QED) is 0.166. The number of allylic oxidation sites excluding steroid dienone is 3. The van der Waals surface area contributed by atoms with Gasteiger partial charge in [-0.3, -0.25) is 4.79 Å². The van der Waals surface area contributed by atoms with E-state index in [4.69, 9.17) is 0 Å². The summed E-state index contributed by atoms with van der Waals surface area (Å²) < 4.78 is 0. The van der Waals surface area contributed by atoms with E-state index in [1.807, 2.05) is 0 Å². The molecule has 1 aliphatic rings. The molecule has 0 radical (unpaired) electrons. The zero-order chi connectivity index (χ0) is 24.9. The van der Waals surface area contributed by atoms with Crippen LogP contribution in [0.2, 0.25) is 0 Å². The van der Waals surface area contributed by atoms with Crippen LogP contribution in [0.5, 0.6) is 0 Å². The Kier molecular flexibility index (Phi) is 12.7. The van der Waals surface area contributed by atoms with Gasteiger partial charge in [0.25, 0.3) is 0 Å². The molecule has 0 bridgehead atoms. The summed E-state index contributed by atoms with van der Waals surface area (Å²) in [6.07, 6.45) is 14.1. The Bertz CT molecular complexity index is 786. The Balaban J connectivity index is 1.92. The number of rotatable bonds is 17. The zero-order valence-electron chi connectivity index (χ0n) is 22.4. The van der Waals surface area contributed by atoms with Gasteiger partial charge in [-0.1, -0.05) is 93.3 Å². The third-order valence-electron chi connectivity index (χ3n) is 7.98. The lowest BCUT2D eigenvalue weighted by atomic mass is 9.75. The summed E-state index contributed by atoms with van der Waals surface area (Å²) in [5.41, 5.74) is 5.38. The molecule has 4 atom stereocenters. The molecular weight excluding hydrogens is 412 g/mol. The van der Waals surface area contributed by atoms with E-state index in [1.165, 1.54) is 28.7 Å². The molecule has 0 N–H and O–H groups in total. The molecule has 1 aliphatic carbocycles. The van der Waals surface area contributed by atoms with Gasteiger partial charge in [0, 0.05) is 12.3 Å². The molecule has 0 heterocycles. The molecule has 4 unspecified atom stereocenters. The lowest BCUT2D eigenvalue weighted by molar-refractivity contribution is -0.123. The number of carbonyl (C=O) groups excluding carboxylic acids is 1. The minimum Gasteiger partial charge on any atom is -0.299 e. The largest absolute Gasteiger partial charge is 0.299 e. The van der Waals surface area contributed by atoms with Crippen LogP contribution in [0.1, 0.15) is 103 Å². The van der Waals surface area contributed by atoms with E-state index >= 15 is 0 Å². The number of hydrogen-bond acceptors (Lipinski definition) is 1. The fourth-order valence-corrected chi connectivity index (χ4v) is 5.82. The van der Waals surface area contributed by atoms with E-state index in [0.29, 0.717) is 23.5 Å². The molecule has 1 aromatic rings. The van der Waals surface area contributed by atoms with Crippen molar-refractivity contribution in [3.05, 3.63) is 72.4 Å². The van der Waals surface area contributed by atoms with E-state index in [0.717, 1.165) is 77.0 Å². The summed E-state index contributed by atoms with van der Waals surface area (Å²) >= 11 is 0. The summed E-state index contributed by atoms with van der Waals surface area (Å²) in [7, 11) is 0. The smallest absolute Gasteiger partial charge is 0.136 e. The highest BCUT2D eigenvalue weighted by atomic mass is 16.1. The number of ketones is 1. The molecule has 34 heavy (non-hydrogen) atoms. The van der Waals surface area contributed by atoms with Crippen LogP contribution in [-0.4, -0.2) is 5.78 Å². The van der Waals surface area contributed by atoms with Crippen LogP contribution in [0.25, 0.3) is 0 Å². The highest BCUT2D eigenvalue weighted by Gasteiger charge is 2.35. The van der Waals surface area contributed by atoms with Crippen LogP contribution in [0.3, 0.4) is 0 Å². The van der Waals surface area contributed by atoms with Crippen molar-refractivity contribution < 1.29 is 4.79 Å². The van der Waals surface area contributed by atoms with Crippen molar-refractivity contribution in [2.45, 2.75) is 104 Å². The highest BCUT2D eigenvalue weighted by Crippen LogP contribution is 2.42. The van der Waals surface area contributed by atoms with Gasteiger partial charge in [0.05, 0.1) is 0 Å². The number of aryl methyl sites for hydroxylation is 1. The number of Topliss-reactive ketones (excluding diaryl/α,β-unsaturated/α-hetero) is 1. The van der Waals surface area contributed by atoms with Crippen molar-refractivity contribution in [1.82, 2.24) is 0 Å². The van der Waals surface area contributed by atoms with E-state index in [9.17, 15) is 4.79 Å². The van der Waals surface area contributed by atoms with Crippen LogP contribution in [0.4, 0.5) is 0 Å². The minimum atomic E-state index is 0.206. The van der Waals surface area contributed by atoms with Gasteiger partial charge in [-0.25, -0.2) is 0 Å². The third kappa shape index (κ3) is 9.40. The van der Waals surface area contributed by atoms with Gasteiger partial charge in [0.1, 0.15) is 5.78 Å². The average molecular weight is 463 g/mol. The Labute approximate surface area is 210 Å². The second kappa shape index (κ2) is 15.2. The van der Waals surface area contributed by atoms with Crippen molar-refractivity contribution in [2.75, 3.05) is 0 Å². The molecule has 0 aliphatic heterocycles. The van der Waals surface area contributed by atoms with Crippen LogP contribution in [0.15, 0.2) is 66.8 Å². The molecule has 1 heteroatoms. The van der Waals surface area contributed by atoms with Gasteiger partial charge in [0.15, 0.2) is 0 Å². The first-order valence-corrected chi connectivity index (χ1v) is 13.9. The fourth-order valence-electron chi connectivity index (χ4n) is 5.82. The van der Waals surface area contributed by atoms with Crippen LogP contribution >= 0.6 is 0 Å². The van der Waals surface area contributed by atoms with Crippen LogP contribution < -0.4 is 0 Å². The summed E-state index contributed by atoms with van der Waals surface area (Å²) in [4.78, 5) is 13.1. The molecule has 0 amide bonds. The first kappa shape index (κ1) is 28.3. The molecule has 0 saturated heterocycles. The predicted octanol–water partition coefficient (Wildman–Crippen LogP) is 9.69. The standard InChI is InChI=1S/C33H50O/c1-7-15-26(4)30(23-22-29-17-11-9-12-18-29)24-27(5)28(6)31-19-14-20-32(31)33(34)21-13-8-10-16-25(2)3/h9,11-12,17-18,27,30-32H,2,4,6-8,10,13-16,19-24H2,1,3,5H3. The summed E-state index contributed by atoms with van der Waals surface area (Å²) in [5, 5.41) is 0. The van der Waals surface area contributed by atoms with Crippen molar-refractivity contribution in [2.24, 2.45) is 23.7 Å². The highest BCUT2D eigenvalue weighted by molar-refractivity contribution is 5.82. The fraction of sp³-hybridized carbons (Fsp3) is 0.606. The minimum absolute atomic E-state index is 0.206. The summed E-state index contributed by atoms with van der Waals surface area (Å²) in [6.45, 7) is 19.7. The number of unbranched alkanes of at least 4 members (excludes halogenated alkanes) is 2. The van der Waals surface area contributed by atoms with Gasteiger partial charge < -0.3 is 0 Å². The Morgan fingerprint density at radius 1 is 0.971 bits per heavy atom. The maximum atomic E-state index is 13.1. The monoisotopic (exact) mass is 462 g/mol. The molecule has 1 nitrogen and oxygen atoms in total. The summed E-state index contributed by atoms with van der Waals surface area (Å²) in [5.74, 6) is 2.03. The van der Waals surface area contributed by atoms with Gasteiger partial charge in [0.2, 0.25) is 0 Å². The molecule has 2 rings (SSSR count). The number of carbonyl (C=O) groups is 1. The van der Waals surface area contributed by atoms with Crippen LogP contribution in [0, 0.1) is 23.7 Å². The second-order valence-electron chi connectivity index (χ2n) is 11.0. The van der Waals surface area contributed by atoms with E-state index in [2.05, 4.69) is 70.8 Å². The predicted molar refractivity (Wildman–Crippen MR) is 149 cm³/mol. The number of hydrogen-bond donors (Lipinski definition) is 0. The van der Waals surface area contributed by atoms with Gasteiger partial charge in [-0.05, 0) is 88.0 Å². The van der Waals surface area contributed by atoms with Crippen molar-refractivity contribution in [3.63, 3.8) is 0 Å². The van der Waals surface area contributed by atoms with Crippen molar-refractivity contribution in [1.29, 1.82) is 0 Å². The average Bonchev–Trinajstić information content (AvgIpc) is 3.31. The molecule has 1 aromatic carbocycles. The van der Waals surface area contributed by atoms with Gasteiger partial charge in [-0.15, -0.1) is 6.58 Å². The molecule has 1 saturated carbocycles. The SMILES string of the molecule is C=C(C)CCCCCC(=O)C1CCCC1C(=C)C(C)CC(CCc1ccccc1)C(=C)CCC. The van der Waals surface area contributed by atoms with Gasteiger partial charge >= 0.3 is 0 Å². The van der Waals surface area contributed by atoms with E-state index in [-0.39, 0.29) is 5.92 Å². The maximum Gasteiger partial charge on any atom is 0.136 e. The Hall–Kier alpha value is -1.89. The molecule has 0 aromatic heterocycles. The lowest BCUT2D eigenvalue weighted by Crippen LogP contribution is -2.23. The third-order valence-corrected chi connectivity index (χ3v) is 7.98. The maximum absolute atomic E-state index is 13.1. The van der Waals surface area contributed by atoms with Crippen molar-refractivity contribution >= 4 is 5.78 Å². The Morgan fingerprint density at radius 2 is 1.65 bits per heavy atom.